The molecule has 2 nitrogen and oxygen atoms in total. The second kappa shape index (κ2) is 25.4. The fourth-order valence-corrected chi connectivity index (χ4v) is 13.9. The van der Waals surface area contributed by atoms with E-state index in [9.17, 15) is 0 Å². The van der Waals surface area contributed by atoms with E-state index >= 15 is 0 Å². The molecule has 0 aliphatic heterocycles. The highest BCUT2D eigenvalue weighted by Gasteiger charge is 2.27. The van der Waals surface area contributed by atoms with E-state index in [1.54, 1.807) is 0 Å². The summed E-state index contributed by atoms with van der Waals surface area (Å²) in [5, 5.41) is 7.19. The van der Waals surface area contributed by atoms with E-state index in [0.29, 0.717) is 0 Å². The van der Waals surface area contributed by atoms with E-state index in [0.717, 1.165) is 34.1 Å². The lowest BCUT2D eigenvalue weighted by Crippen LogP contribution is -2.16. The van der Waals surface area contributed by atoms with Crippen molar-refractivity contribution in [3.8, 4) is 44.5 Å². The molecule has 88 heavy (non-hydrogen) atoms. The lowest BCUT2D eigenvalue weighted by atomic mass is 9.79. The Labute approximate surface area is 525 Å². The van der Waals surface area contributed by atoms with Crippen LogP contribution in [0, 0.1) is 27.7 Å². The molecular weight excluding hydrogens is 1060 g/mol. The number of rotatable bonds is 20. The molecule has 440 valence electrons. The zero-order valence-corrected chi connectivity index (χ0v) is 53.6. The number of hydrogen-bond donors (Lipinski definition) is 0. The average molecular weight is 1150 g/mol. The summed E-state index contributed by atoms with van der Waals surface area (Å²) in [4.78, 5) is 5.08. The van der Waals surface area contributed by atoms with Gasteiger partial charge in [0.2, 0.25) is 0 Å². The summed E-state index contributed by atoms with van der Waals surface area (Å²) in [5.41, 5.74) is 24.3. The second-order valence-corrected chi connectivity index (χ2v) is 26.3. The van der Waals surface area contributed by atoms with Crippen LogP contribution in [0.15, 0.2) is 243 Å². The van der Waals surface area contributed by atoms with Crippen molar-refractivity contribution in [2.45, 2.75) is 131 Å². The van der Waals surface area contributed by atoms with Crippen LogP contribution in [0.4, 0.5) is 34.1 Å². The van der Waals surface area contributed by atoms with Crippen LogP contribution in [0.2, 0.25) is 0 Å². The van der Waals surface area contributed by atoms with E-state index in [1.807, 2.05) is 0 Å². The second-order valence-electron chi connectivity index (χ2n) is 26.3. The Morgan fingerprint density at radius 1 is 0.284 bits per heavy atom. The van der Waals surface area contributed by atoms with Gasteiger partial charge in [0.05, 0.1) is 11.4 Å². The van der Waals surface area contributed by atoms with Crippen LogP contribution in [0.3, 0.4) is 0 Å². The molecule has 0 fully saturated rings. The fraction of sp³-hybridized carbons (Fsp3) is 0.233. The zero-order valence-electron chi connectivity index (χ0n) is 53.6. The predicted octanol–water partition coefficient (Wildman–Crippen LogP) is 25.7. The first-order chi connectivity index (χ1) is 42.7. The van der Waals surface area contributed by atoms with Gasteiger partial charge in [0, 0.05) is 33.5 Å². The van der Waals surface area contributed by atoms with Crippen molar-refractivity contribution >= 4 is 66.4 Å². The smallest absolute Gasteiger partial charge is 0.0546 e. The summed E-state index contributed by atoms with van der Waals surface area (Å²) in [6.07, 6.45) is 9.82. The maximum absolute atomic E-state index is 2.54. The first kappa shape index (κ1) is 59.4. The third-order valence-corrected chi connectivity index (χ3v) is 19.0. The molecule has 12 aromatic rings. The van der Waals surface area contributed by atoms with E-state index in [-0.39, 0.29) is 10.8 Å². The van der Waals surface area contributed by atoms with Gasteiger partial charge >= 0.3 is 0 Å². The number of fused-ring (bicyclic) bond motifs is 5. The van der Waals surface area contributed by atoms with Gasteiger partial charge in [-0.25, -0.2) is 0 Å². The van der Waals surface area contributed by atoms with Crippen LogP contribution in [0.1, 0.15) is 126 Å². The Morgan fingerprint density at radius 3 is 1.00 bits per heavy atom. The highest BCUT2D eigenvalue weighted by atomic mass is 15.2. The van der Waals surface area contributed by atoms with Gasteiger partial charge in [-0.1, -0.05) is 285 Å². The van der Waals surface area contributed by atoms with Crippen molar-refractivity contribution in [2.24, 2.45) is 0 Å². The minimum Gasteiger partial charge on any atom is -0.310 e. The summed E-state index contributed by atoms with van der Waals surface area (Å²) < 4.78 is 0. The van der Waals surface area contributed by atoms with Gasteiger partial charge in [-0.05, 0) is 188 Å². The molecule has 0 heterocycles. The summed E-state index contributed by atoms with van der Waals surface area (Å²) in [6, 6.07) is 92.2. The van der Waals surface area contributed by atoms with Gasteiger partial charge in [-0.2, -0.15) is 0 Å². The minimum absolute atomic E-state index is 0.0907. The van der Waals surface area contributed by atoms with Gasteiger partial charge in [0.15, 0.2) is 0 Å². The van der Waals surface area contributed by atoms with Crippen molar-refractivity contribution in [1.29, 1.82) is 0 Å². The van der Waals surface area contributed by atoms with Crippen LogP contribution in [0.5, 0.6) is 0 Å². The predicted molar refractivity (Wildman–Crippen MR) is 383 cm³/mol. The number of unbranched alkanes of at least 4 members (excludes halogenated alkanes) is 4. The molecule has 0 aromatic heterocycles. The molecule has 12 rings (SSSR count). The number of nitrogens with zero attached hydrogens (tertiary/aromatic N) is 2. The van der Waals surface area contributed by atoms with Crippen LogP contribution in [0.25, 0.3) is 76.8 Å². The van der Waals surface area contributed by atoms with E-state index in [1.165, 1.54) is 162 Å². The van der Waals surface area contributed by atoms with Crippen molar-refractivity contribution in [2.75, 3.05) is 9.80 Å². The molecule has 0 saturated heterocycles. The number of anilines is 6. The van der Waals surface area contributed by atoms with Crippen molar-refractivity contribution in [3.63, 3.8) is 0 Å². The standard InChI is InChI=1S/C86H86N2/c1-11-13-25-51-85(7,8)67-41-37-65(38-42-67)77-55-69(45-47-71(77)63-27-17-15-18-28-63)87(81-49-35-59(3)53-61(81)5)83-57-79-74-32-22-24-34-76(74)84(58-80(79)73-31-21-23-33-75(73)83)88(82-50-36-60(4)54-62(82)6)70-46-48-72(64-29-19-16-20-30-64)78(56-70)66-39-43-68(44-40-66)86(9,10)52-26-14-12-2/h15-24,27-50,53-58H,11-14,25-26,51-52H2,1-10H3. The van der Waals surface area contributed by atoms with Crippen molar-refractivity contribution in [1.82, 2.24) is 0 Å². The molecule has 0 spiro atoms. The van der Waals surface area contributed by atoms with Gasteiger partial charge in [-0.3, -0.25) is 0 Å². The molecule has 0 bridgehead atoms. The minimum atomic E-state index is 0.0907. The molecule has 0 unspecified atom stereocenters. The van der Waals surface area contributed by atoms with Crippen LogP contribution in [-0.4, -0.2) is 0 Å². The van der Waals surface area contributed by atoms with Gasteiger partial charge < -0.3 is 9.80 Å². The van der Waals surface area contributed by atoms with E-state index < -0.39 is 0 Å². The third-order valence-electron chi connectivity index (χ3n) is 19.0. The van der Waals surface area contributed by atoms with Gasteiger partial charge in [0.25, 0.3) is 0 Å². The molecule has 0 saturated carbocycles. The molecular formula is C86H86N2. The van der Waals surface area contributed by atoms with E-state index in [2.05, 4.69) is 322 Å². The quantitative estimate of drug-likeness (QED) is 0.0554. The molecule has 0 aliphatic carbocycles. The normalized spacial score (nSPS) is 11.9. The third kappa shape index (κ3) is 11.9. The fourth-order valence-electron chi connectivity index (χ4n) is 13.9. The lowest BCUT2D eigenvalue weighted by Gasteiger charge is -2.32. The van der Waals surface area contributed by atoms with Gasteiger partial charge in [-0.15, -0.1) is 0 Å². The Bertz CT molecular complexity index is 4150. The van der Waals surface area contributed by atoms with Gasteiger partial charge in [0.1, 0.15) is 0 Å². The Morgan fingerprint density at radius 2 is 0.636 bits per heavy atom. The van der Waals surface area contributed by atoms with Crippen molar-refractivity contribution < 1.29 is 0 Å². The molecule has 0 radical (unpaired) electrons. The SMILES string of the molecule is CCCCCC(C)(C)c1ccc(-c2cc(N(c3ccc(C)cc3C)c3cc4c5ccccc5c(N(c5ccc(-c6ccccc6)c(-c6ccc(C(C)(C)CCCCC)cc6)c5)c5ccc(C)cc5C)cc4c4ccccc34)ccc2-c2ccccc2)cc1. The maximum Gasteiger partial charge on any atom is 0.0546 e. The summed E-state index contributed by atoms with van der Waals surface area (Å²) in [7, 11) is 0. The Balaban J connectivity index is 1.07. The topological polar surface area (TPSA) is 6.48 Å². The lowest BCUT2D eigenvalue weighted by molar-refractivity contribution is 0.450. The largest absolute Gasteiger partial charge is 0.310 e. The zero-order chi connectivity index (χ0) is 61.1. The monoisotopic (exact) mass is 1150 g/mol. The molecule has 0 amide bonds. The molecule has 0 atom stereocenters. The first-order valence-corrected chi connectivity index (χ1v) is 32.4. The summed E-state index contributed by atoms with van der Waals surface area (Å²) >= 11 is 0. The molecule has 0 aliphatic rings. The van der Waals surface area contributed by atoms with Crippen LogP contribution >= 0.6 is 0 Å². The molecule has 2 heteroatoms. The highest BCUT2D eigenvalue weighted by Crippen LogP contribution is 2.51. The summed E-state index contributed by atoms with van der Waals surface area (Å²) in [6.45, 7) is 23.2. The Kier molecular flexibility index (Phi) is 17.1. The number of hydrogen-bond acceptors (Lipinski definition) is 2. The van der Waals surface area contributed by atoms with Crippen LogP contribution in [-0.2, 0) is 10.8 Å². The van der Waals surface area contributed by atoms with Crippen molar-refractivity contribution in [3.05, 3.63) is 276 Å². The average Bonchev–Trinajstić information content (AvgIpc) is 1.02. The van der Waals surface area contributed by atoms with E-state index in [4.69, 9.17) is 0 Å². The van der Waals surface area contributed by atoms with Crippen LogP contribution < -0.4 is 9.80 Å². The maximum atomic E-state index is 2.54. The first-order valence-electron chi connectivity index (χ1n) is 32.4. The highest BCUT2D eigenvalue weighted by molar-refractivity contribution is 6.25. The Hall–Kier alpha value is -8.98. The molecule has 0 N–H and O–H groups in total. The summed E-state index contributed by atoms with van der Waals surface area (Å²) in [5.74, 6) is 0. The number of benzene rings is 12. The number of aryl methyl sites for hydroxylation is 4. The molecule has 12 aromatic carbocycles.